The van der Waals surface area contributed by atoms with Crippen LogP contribution in [-0.2, 0) is 6.54 Å². The van der Waals surface area contributed by atoms with Crippen LogP contribution in [0.4, 0.5) is 0 Å². The summed E-state index contributed by atoms with van der Waals surface area (Å²) >= 11 is 7.54. The molecule has 27 heavy (non-hydrogen) atoms. The largest absolute Gasteiger partial charge is 0.348 e. The number of nitrogens with one attached hydrogen (secondary N) is 1. The molecule has 0 radical (unpaired) electrons. The van der Waals surface area contributed by atoms with Gasteiger partial charge in [0.2, 0.25) is 0 Å². The van der Waals surface area contributed by atoms with Crippen LogP contribution in [0.3, 0.4) is 0 Å². The Morgan fingerprint density at radius 1 is 1.15 bits per heavy atom. The molecule has 0 aliphatic rings. The molecule has 0 spiro atoms. The maximum absolute atomic E-state index is 12.5. The minimum atomic E-state index is -0.121. The first kappa shape index (κ1) is 17.6. The fourth-order valence-electron chi connectivity index (χ4n) is 2.71. The minimum Gasteiger partial charge on any atom is -0.348 e. The highest BCUT2D eigenvalue weighted by Crippen LogP contribution is 2.30. The van der Waals surface area contributed by atoms with Crippen LogP contribution in [0, 0.1) is 6.92 Å². The Balaban J connectivity index is 1.54. The highest BCUT2D eigenvalue weighted by atomic mass is 35.5. The average molecular weight is 394 g/mol. The molecule has 1 N–H and O–H groups in total. The summed E-state index contributed by atoms with van der Waals surface area (Å²) < 4.78 is 0.973. The Morgan fingerprint density at radius 2 is 2.04 bits per heavy atom. The van der Waals surface area contributed by atoms with Crippen molar-refractivity contribution in [3.63, 3.8) is 0 Å². The van der Waals surface area contributed by atoms with Gasteiger partial charge in [-0.2, -0.15) is 0 Å². The number of rotatable bonds is 4. The van der Waals surface area contributed by atoms with Crippen LogP contribution in [0.5, 0.6) is 0 Å². The van der Waals surface area contributed by atoms with Gasteiger partial charge in [0.05, 0.1) is 10.2 Å². The third-order valence-electron chi connectivity index (χ3n) is 4.15. The minimum absolute atomic E-state index is 0.121. The van der Waals surface area contributed by atoms with Crippen LogP contribution < -0.4 is 5.32 Å². The van der Waals surface area contributed by atoms with Gasteiger partial charge in [-0.05, 0) is 55.0 Å². The highest BCUT2D eigenvalue weighted by molar-refractivity contribution is 7.21. The zero-order chi connectivity index (χ0) is 18.8. The summed E-state index contributed by atoms with van der Waals surface area (Å²) in [6, 6.07) is 17.0. The first-order valence-electron chi connectivity index (χ1n) is 8.45. The first-order valence-corrected chi connectivity index (χ1v) is 9.64. The molecule has 134 valence electrons. The van der Waals surface area contributed by atoms with Gasteiger partial charge >= 0.3 is 0 Å². The zero-order valence-corrected chi connectivity index (χ0v) is 16.1. The molecule has 0 saturated carbocycles. The van der Waals surface area contributed by atoms with Gasteiger partial charge in [-0.25, -0.2) is 4.98 Å². The topological polar surface area (TPSA) is 54.9 Å². The van der Waals surface area contributed by atoms with Crippen molar-refractivity contribution in [2.24, 2.45) is 0 Å². The van der Waals surface area contributed by atoms with E-state index >= 15 is 0 Å². The molecular weight excluding hydrogens is 378 g/mol. The number of hydrogen-bond donors (Lipinski definition) is 1. The fraction of sp³-hybridized carbons (Fsp3) is 0.0952. The predicted octanol–water partition coefficient (Wildman–Crippen LogP) is 5.25. The number of benzene rings is 2. The highest BCUT2D eigenvalue weighted by Gasteiger charge is 2.11. The van der Waals surface area contributed by atoms with Crippen molar-refractivity contribution in [1.29, 1.82) is 0 Å². The number of aromatic nitrogens is 2. The van der Waals surface area contributed by atoms with Crippen LogP contribution in [-0.4, -0.2) is 15.9 Å². The van der Waals surface area contributed by atoms with Crippen LogP contribution >= 0.6 is 22.9 Å². The Hall–Kier alpha value is -2.76. The van der Waals surface area contributed by atoms with Gasteiger partial charge < -0.3 is 5.32 Å². The van der Waals surface area contributed by atoms with Gasteiger partial charge in [0.1, 0.15) is 5.01 Å². The first-order chi connectivity index (χ1) is 13.1. The van der Waals surface area contributed by atoms with Crippen LogP contribution in [0.25, 0.3) is 20.8 Å². The summed E-state index contributed by atoms with van der Waals surface area (Å²) in [5, 5.41) is 4.48. The van der Waals surface area contributed by atoms with E-state index < -0.39 is 0 Å². The molecular formula is C21H16ClN3OS. The van der Waals surface area contributed by atoms with Crippen molar-refractivity contribution in [3.05, 3.63) is 82.6 Å². The molecule has 0 bridgehead atoms. The lowest BCUT2D eigenvalue weighted by Crippen LogP contribution is -2.22. The van der Waals surface area contributed by atoms with Crippen molar-refractivity contribution < 1.29 is 4.79 Å². The van der Waals surface area contributed by atoms with E-state index in [1.807, 2.05) is 61.7 Å². The third kappa shape index (κ3) is 3.99. The lowest BCUT2D eigenvalue weighted by molar-refractivity contribution is 0.0951. The molecule has 0 fully saturated rings. The van der Waals surface area contributed by atoms with Crippen molar-refractivity contribution in [2.75, 3.05) is 0 Å². The summed E-state index contributed by atoms with van der Waals surface area (Å²) in [5.41, 5.74) is 4.40. The molecule has 6 heteroatoms. The lowest BCUT2D eigenvalue weighted by Gasteiger charge is -2.06. The Labute approximate surface area is 165 Å². The number of pyridine rings is 1. The van der Waals surface area contributed by atoms with Crippen molar-refractivity contribution in [3.8, 4) is 10.6 Å². The van der Waals surface area contributed by atoms with E-state index in [0.29, 0.717) is 17.1 Å². The molecule has 4 aromatic rings. The predicted molar refractivity (Wildman–Crippen MR) is 110 cm³/mol. The molecule has 2 heterocycles. The molecule has 0 unspecified atom stereocenters. The summed E-state index contributed by atoms with van der Waals surface area (Å²) in [6.45, 7) is 2.39. The number of halogens is 1. The standard InChI is InChI=1S/C21H16ClN3OS/c1-13-5-6-16(12-23-13)21-25-18-8-7-15(10-19(18)27-21)20(26)24-11-14-3-2-4-17(22)9-14/h2-10,12H,11H2,1H3,(H,24,26). The number of nitrogens with zero attached hydrogens (tertiary/aromatic N) is 2. The van der Waals surface area contributed by atoms with Crippen molar-refractivity contribution in [1.82, 2.24) is 15.3 Å². The van der Waals surface area contributed by atoms with Gasteiger partial charge in [0.15, 0.2) is 0 Å². The third-order valence-corrected chi connectivity index (χ3v) is 5.45. The summed E-state index contributed by atoms with van der Waals surface area (Å²) in [6.07, 6.45) is 1.83. The molecule has 0 atom stereocenters. The van der Waals surface area contributed by atoms with Crippen molar-refractivity contribution in [2.45, 2.75) is 13.5 Å². The second kappa shape index (κ2) is 7.47. The smallest absolute Gasteiger partial charge is 0.251 e. The van der Waals surface area contributed by atoms with Crippen LogP contribution in [0.1, 0.15) is 21.6 Å². The second-order valence-corrected chi connectivity index (χ2v) is 7.67. The number of fused-ring (bicyclic) bond motifs is 1. The molecule has 4 rings (SSSR count). The molecule has 2 aromatic carbocycles. The molecule has 0 saturated heterocycles. The number of hydrogen-bond acceptors (Lipinski definition) is 4. The lowest BCUT2D eigenvalue weighted by atomic mass is 10.2. The maximum atomic E-state index is 12.5. The van der Waals surface area contributed by atoms with E-state index in [1.54, 1.807) is 17.4 Å². The monoisotopic (exact) mass is 393 g/mol. The number of aryl methyl sites for hydroxylation is 1. The molecule has 4 nitrogen and oxygen atoms in total. The Bertz CT molecular complexity index is 1120. The van der Waals surface area contributed by atoms with E-state index in [1.165, 1.54) is 0 Å². The van der Waals surface area contributed by atoms with Gasteiger partial charge in [0.25, 0.3) is 5.91 Å². The summed E-state index contributed by atoms with van der Waals surface area (Å²) in [7, 11) is 0. The molecule has 0 aliphatic carbocycles. The maximum Gasteiger partial charge on any atom is 0.251 e. The summed E-state index contributed by atoms with van der Waals surface area (Å²) in [5.74, 6) is -0.121. The molecule has 1 amide bonds. The van der Waals surface area contributed by atoms with Gasteiger partial charge in [-0.3, -0.25) is 9.78 Å². The zero-order valence-electron chi connectivity index (χ0n) is 14.6. The van der Waals surface area contributed by atoms with E-state index in [9.17, 15) is 4.79 Å². The number of carbonyl (C=O) groups excluding carboxylic acids is 1. The molecule has 2 aromatic heterocycles. The van der Waals surface area contributed by atoms with Gasteiger partial charge in [0, 0.05) is 34.6 Å². The van der Waals surface area contributed by atoms with Crippen molar-refractivity contribution >= 4 is 39.1 Å². The van der Waals surface area contributed by atoms with E-state index in [4.69, 9.17) is 11.6 Å². The van der Waals surface area contributed by atoms with Crippen LogP contribution in [0.15, 0.2) is 60.8 Å². The molecule has 0 aliphatic heterocycles. The van der Waals surface area contributed by atoms with Gasteiger partial charge in [-0.15, -0.1) is 11.3 Å². The van der Waals surface area contributed by atoms with E-state index in [2.05, 4.69) is 15.3 Å². The summed E-state index contributed by atoms with van der Waals surface area (Å²) in [4.78, 5) is 21.5. The second-order valence-electron chi connectivity index (χ2n) is 6.20. The fourth-order valence-corrected chi connectivity index (χ4v) is 3.92. The van der Waals surface area contributed by atoms with Gasteiger partial charge in [-0.1, -0.05) is 23.7 Å². The number of thiazole rings is 1. The normalized spacial score (nSPS) is 10.9. The Morgan fingerprint density at radius 3 is 2.81 bits per heavy atom. The number of carbonyl (C=O) groups is 1. The average Bonchev–Trinajstić information content (AvgIpc) is 3.10. The quantitative estimate of drug-likeness (QED) is 0.515. The van der Waals surface area contributed by atoms with E-state index in [0.717, 1.165) is 32.0 Å². The van der Waals surface area contributed by atoms with Crippen LogP contribution in [0.2, 0.25) is 5.02 Å². The Kier molecular flexibility index (Phi) is 4.88. The SMILES string of the molecule is Cc1ccc(-c2nc3ccc(C(=O)NCc4cccc(Cl)c4)cc3s2)cn1. The number of amides is 1. The van der Waals surface area contributed by atoms with E-state index in [-0.39, 0.29) is 5.91 Å².